The van der Waals surface area contributed by atoms with Gasteiger partial charge in [0.25, 0.3) is 10.1 Å². The van der Waals surface area contributed by atoms with Gasteiger partial charge in [0.1, 0.15) is 0 Å². The second-order valence-corrected chi connectivity index (χ2v) is 10.5. The van der Waals surface area contributed by atoms with Gasteiger partial charge in [-0.2, -0.15) is 8.42 Å². The number of nitrogens with one attached hydrogen (secondary N) is 1. The first kappa shape index (κ1) is 20.6. The molecule has 0 saturated carbocycles. The Hall–Kier alpha value is -1.75. The van der Waals surface area contributed by atoms with E-state index in [9.17, 15) is 13.2 Å². The van der Waals surface area contributed by atoms with Crippen molar-refractivity contribution in [3.05, 3.63) is 60.7 Å². The minimum atomic E-state index is -4.16. The van der Waals surface area contributed by atoms with Crippen LogP contribution in [0.15, 0.2) is 60.7 Å². The largest absolute Gasteiger partial charge is 0.350 e. The molecule has 0 fully saturated rings. The summed E-state index contributed by atoms with van der Waals surface area (Å²) in [6, 6.07) is 20.2. The third kappa shape index (κ3) is 6.87. The van der Waals surface area contributed by atoms with Gasteiger partial charge in [-0.05, 0) is 38.5 Å². The van der Waals surface area contributed by atoms with Crippen LogP contribution < -0.4 is 15.9 Å². The number of carbonyl (C=O) groups is 1. The highest BCUT2D eigenvalue weighted by molar-refractivity contribution is 7.85. The molecule has 0 heterocycles. The minimum Gasteiger partial charge on any atom is -0.350 e. The molecule has 2 aromatic carbocycles. The van der Waals surface area contributed by atoms with Crippen LogP contribution in [0.1, 0.15) is 20.3 Å². The number of carbonyl (C=O) groups excluding carboxylic acids is 1. The maximum atomic E-state index is 12.3. The molecule has 2 N–H and O–H groups in total. The van der Waals surface area contributed by atoms with Gasteiger partial charge in [0.2, 0.25) is 5.91 Å². The minimum absolute atomic E-state index is 0.224. The predicted octanol–water partition coefficient (Wildman–Crippen LogP) is 2.29. The van der Waals surface area contributed by atoms with E-state index in [0.29, 0.717) is 6.16 Å². The summed E-state index contributed by atoms with van der Waals surface area (Å²) in [5, 5.41) is 5.09. The second-order valence-electron chi connectivity index (χ2n) is 6.73. The van der Waals surface area contributed by atoms with E-state index in [1.807, 2.05) is 36.4 Å². The zero-order valence-electron chi connectivity index (χ0n) is 14.9. The van der Waals surface area contributed by atoms with Crippen LogP contribution in [-0.4, -0.2) is 36.3 Å². The van der Waals surface area contributed by atoms with Crippen molar-refractivity contribution in [2.75, 3.05) is 11.9 Å². The molecule has 0 aliphatic rings. The molecule has 0 bridgehead atoms. The van der Waals surface area contributed by atoms with E-state index in [1.165, 1.54) is 10.6 Å². The molecule has 1 amide bonds. The Morgan fingerprint density at radius 3 is 1.88 bits per heavy atom. The SMILES string of the molecule is CC(C)(CS(=O)(=O)O)NC(=O)CCP(c1ccccc1)c1ccccc1. The van der Waals surface area contributed by atoms with E-state index < -0.39 is 29.3 Å². The fourth-order valence-corrected chi connectivity index (χ4v) is 6.06. The lowest BCUT2D eigenvalue weighted by Crippen LogP contribution is -2.48. The van der Waals surface area contributed by atoms with Crippen molar-refractivity contribution in [2.45, 2.75) is 25.8 Å². The van der Waals surface area contributed by atoms with Crippen LogP contribution in [0.5, 0.6) is 0 Å². The van der Waals surface area contributed by atoms with Crippen molar-refractivity contribution >= 4 is 34.6 Å². The molecule has 0 spiro atoms. The fourth-order valence-electron chi connectivity index (χ4n) is 2.77. The quantitative estimate of drug-likeness (QED) is 0.533. The summed E-state index contributed by atoms with van der Waals surface area (Å²) in [4.78, 5) is 12.3. The van der Waals surface area contributed by atoms with Crippen molar-refractivity contribution in [1.29, 1.82) is 0 Å². The lowest BCUT2D eigenvalue weighted by atomic mass is 10.1. The highest BCUT2D eigenvalue weighted by Crippen LogP contribution is 2.34. The van der Waals surface area contributed by atoms with E-state index in [4.69, 9.17) is 4.55 Å². The number of hydrogen-bond donors (Lipinski definition) is 2. The van der Waals surface area contributed by atoms with Crippen LogP contribution in [-0.2, 0) is 14.9 Å². The normalized spacial score (nSPS) is 12.2. The van der Waals surface area contributed by atoms with Gasteiger partial charge in [0.15, 0.2) is 0 Å². The molecule has 2 rings (SSSR count). The Kier molecular flexibility index (Phi) is 6.93. The number of hydrogen-bond acceptors (Lipinski definition) is 3. The van der Waals surface area contributed by atoms with Gasteiger partial charge in [0, 0.05) is 6.42 Å². The van der Waals surface area contributed by atoms with Gasteiger partial charge < -0.3 is 5.32 Å². The Morgan fingerprint density at radius 1 is 1.00 bits per heavy atom. The molecular weight excluding hydrogens is 369 g/mol. The third-order valence-corrected chi connectivity index (χ3v) is 7.32. The first-order chi connectivity index (χ1) is 12.2. The maximum absolute atomic E-state index is 12.3. The van der Waals surface area contributed by atoms with E-state index >= 15 is 0 Å². The topological polar surface area (TPSA) is 83.5 Å². The molecule has 0 saturated heterocycles. The summed E-state index contributed by atoms with van der Waals surface area (Å²) >= 11 is 0. The highest BCUT2D eigenvalue weighted by atomic mass is 32.2. The third-order valence-electron chi connectivity index (χ3n) is 3.72. The number of rotatable bonds is 8. The maximum Gasteiger partial charge on any atom is 0.267 e. The summed E-state index contributed by atoms with van der Waals surface area (Å²) in [5.74, 6) is -0.740. The summed E-state index contributed by atoms with van der Waals surface area (Å²) in [6.07, 6.45) is 0.946. The Morgan fingerprint density at radius 2 is 1.46 bits per heavy atom. The van der Waals surface area contributed by atoms with Crippen LogP contribution >= 0.6 is 7.92 Å². The van der Waals surface area contributed by atoms with Crippen LogP contribution in [0.4, 0.5) is 0 Å². The first-order valence-electron chi connectivity index (χ1n) is 8.30. The van der Waals surface area contributed by atoms with E-state index in [0.717, 1.165) is 0 Å². The van der Waals surface area contributed by atoms with Crippen molar-refractivity contribution < 1.29 is 17.8 Å². The van der Waals surface area contributed by atoms with E-state index in [-0.39, 0.29) is 12.3 Å². The zero-order valence-corrected chi connectivity index (χ0v) is 16.6. The standard InChI is InChI=1S/C19H24NO4PS/c1-19(2,15-26(22,23)24)20-18(21)13-14-25(16-9-5-3-6-10-16)17-11-7-4-8-12-17/h3-12H,13-15H2,1-2H3,(H,20,21)(H,22,23,24). The summed E-state index contributed by atoms with van der Waals surface area (Å²) in [5.41, 5.74) is -1.02. The molecule has 5 nitrogen and oxygen atoms in total. The van der Waals surface area contributed by atoms with Crippen LogP contribution in [0, 0.1) is 0 Å². The van der Waals surface area contributed by atoms with Crippen LogP contribution in [0.2, 0.25) is 0 Å². The zero-order chi connectivity index (χ0) is 19.2. The van der Waals surface area contributed by atoms with E-state index in [1.54, 1.807) is 13.8 Å². The summed E-state index contributed by atoms with van der Waals surface area (Å²) < 4.78 is 31.1. The molecule has 0 radical (unpaired) electrons. The Balaban J connectivity index is 2.07. The van der Waals surface area contributed by atoms with Crippen molar-refractivity contribution in [1.82, 2.24) is 5.32 Å². The van der Waals surface area contributed by atoms with Gasteiger partial charge in [-0.25, -0.2) is 0 Å². The van der Waals surface area contributed by atoms with E-state index in [2.05, 4.69) is 29.6 Å². The second kappa shape index (κ2) is 8.76. The van der Waals surface area contributed by atoms with Crippen LogP contribution in [0.25, 0.3) is 0 Å². The molecule has 0 aliphatic heterocycles. The van der Waals surface area contributed by atoms with Crippen LogP contribution in [0.3, 0.4) is 0 Å². The smallest absolute Gasteiger partial charge is 0.267 e. The fraction of sp³-hybridized carbons (Fsp3) is 0.316. The average Bonchev–Trinajstić information content (AvgIpc) is 2.54. The number of benzene rings is 2. The molecule has 140 valence electrons. The molecule has 0 aromatic heterocycles. The van der Waals surface area contributed by atoms with Gasteiger partial charge >= 0.3 is 0 Å². The molecular formula is C19H24NO4PS. The van der Waals surface area contributed by atoms with Crippen molar-refractivity contribution in [3.63, 3.8) is 0 Å². The van der Waals surface area contributed by atoms with Crippen molar-refractivity contribution in [2.24, 2.45) is 0 Å². The van der Waals surface area contributed by atoms with Gasteiger partial charge in [-0.1, -0.05) is 60.7 Å². The molecule has 26 heavy (non-hydrogen) atoms. The predicted molar refractivity (Wildman–Crippen MR) is 107 cm³/mol. The average molecular weight is 393 g/mol. The highest BCUT2D eigenvalue weighted by Gasteiger charge is 2.27. The molecule has 0 unspecified atom stereocenters. The lowest BCUT2D eigenvalue weighted by molar-refractivity contribution is -0.122. The summed E-state index contributed by atoms with van der Waals surface area (Å²) in [7, 11) is -4.84. The lowest BCUT2D eigenvalue weighted by Gasteiger charge is -2.25. The Labute approximate surface area is 156 Å². The van der Waals surface area contributed by atoms with Gasteiger partial charge in [-0.3, -0.25) is 9.35 Å². The number of amides is 1. The summed E-state index contributed by atoms with van der Waals surface area (Å²) in [6.45, 7) is 3.16. The van der Waals surface area contributed by atoms with Gasteiger partial charge in [-0.15, -0.1) is 0 Å². The molecule has 0 atom stereocenters. The first-order valence-corrected chi connectivity index (χ1v) is 11.4. The van der Waals surface area contributed by atoms with Crippen molar-refractivity contribution in [3.8, 4) is 0 Å². The Bertz CT molecular complexity index is 784. The monoisotopic (exact) mass is 393 g/mol. The molecule has 7 heteroatoms. The molecule has 2 aromatic rings. The van der Waals surface area contributed by atoms with Gasteiger partial charge in [0.05, 0.1) is 11.3 Å². The molecule has 0 aliphatic carbocycles.